The Balaban J connectivity index is 2.60. The first-order valence-corrected chi connectivity index (χ1v) is 4.05. The second-order valence-electron chi connectivity index (χ2n) is 3.14. The molecular weight excluding hydrogens is 166 g/mol. The van der Waals surface area contributed by atoms with Gasteiger partial charge in [0.15, 0.2) is 0 Å². The summed E-state index contributed by atoms with van der Waals surface area (Å²) in [4.78, 5) is 14.8. The average molecular weight is 175 g/mol. The van der Waals surface area contributed by atoms with E-state index in [0.29, 0.717) is 12.1 Å². The molecule has 0 saturated heterocycles. The average Bonchev–Trinajstić information content (AvgIpc) is 2.51. The Morgan fingerprint density at radius 2 is 2.31 bits per heavy atom. The Bertz CT molecular complexity index is 408. The van der Waals surface area contributed by atoms with Gasteiger partial charge in [-0.15, -0.1) is 0 Å². The second kappa shape index (κ2) is 2.69. The number of hydrogen-bond acceptors (Lipinski definition) is 2. The molecule has 1 aliphatic heterocycles. The van der Waals surface area contributed by atoms with Crippen LogP contribution in [0.3, 0.4) is 0 Å². The number of rotatable bonds is 1. The highest BCUT2D eigenvalue weighted by molar-refractivity contribution is 5.93. The molecule has 1 N–H and O–H groups in total. The topological polar surface area (TPSA) is 49.7 Å². The van der Waals surface area contributed by atoms with Gasteiger partial charge in [0, 0.05) is 6.21 Å². The van der Waals surface area contributed by atoms with Gasteiger partial charge in [-0.2, -0.15) is 0 Å². The third kappa shape index (κ3) is 1.22. The molecule has 0 spiro atoms. The summed E-state index contributed by atoms with van der Waals surface area (Å²) in [7, 11) is 0. The number of carbonyl (C=O) groups is 1. The van der Waals surface area contributed by atoms with Gasteiger partial charge in [-0.3, -0.25) is 4.99 Å². The lowest BCUT2D eigenvalue weighted by atomic mass is 10.0. The van der Waals surface area contributed by atoms with Crippen molar-refractivity contribution in [1.29, 1.82) is 0 Å². The molecule has 0 saturated carbocycles. The van der Waals surface area contributed by atoms with Crippen molar-refractivity contribution >= 4 is 12.2 Å². The highest BCUT2D eigenvalue weighted by Crippen LogP contribution is 2.20. The van der Waals surface area contributed by atoms with Crippen molar-refractivity contribution in [2.24, 2.45) is 4.99 Å². The summed E-state index contributed by atoms with van der Waals surface area (Å²) in [5, 5.41) is 8.80. The molecule has 13 heavy (non-hydrogen) atoms. The molecule has 3 heteroatoms. The van der Waals surface area contributed by atoms with Crippen LogP contribution in [0.15, 0.2) is 17.1 Å². The second-order valence-corrected chi connectivity index (χ2v) is 3.14. The summed E-state index contributed by atoms with van der Waals surface area (Å²) in [6.45, 7) is 2.60. The van der Waals surface area contributed by atoms with Gasteiger partial charge in [-0.25, -0.2) is 4.79 Å². The van der Waals surface area contributed by atoms with Crippen molar-refractivity contribution in [3.05, 3.63) is 34.4 Å². The van der Waals surface area contributed by atoms with Crippen LogP contribution < -0.4 is 0 Å². The summed E-state index contributed by atoms with van der Waals surface area (Å²) in [6, 6.07) is 3.36. The zero-order chi connectivity index (χ0) is 9.42. The van der Waals surface area contributed by atoms with Crippen LogP contribution in [0.1, 0.15) is 27.0 Å². The SMILES string of the molecule is Cc1cc(C(=O)O)cc2c1CN=C2. The predicted molar refractivity (Wildman–Crippen MR) is 49.4 cm³/mol. The van der Waals surface area contributed by atoms with Crippen molar-refractivity contribution in [3.8, 4) is 0 Å². The van der Waals surface area contributed by atoms with Crippen LogP contribution in [-0.4, -0.2) is 17.3 Å². The van der Waals surface area contributed by atoms with E-state index in [1.165, 1.54) is 0 Å². The molecule has 1 aromatic rings. The number of hydrogen-bond donors (Lipinski definition) is 1. The Hall–Kier alpha value is -1.64. The molecule has 66 valence electrons. The summed E-state index contributed by atoms with van der Waals surface area (Å²) < 4.78 is 0. The van der Waals surface area contributed by atoms with E-state index >= 15 is 0 Å². The van der Waals surface area contributed by atoms with Gasteiger partial charge >= 0.3 is 5.97 Å². The molecule has 1 heterocycles. The molecule has 0 aromatic heterocycles. The lowest BCUT2D eigenvalue weighted by molar-refractivity contribution is 0.0697. The van der Waals surface area contributed by atoms with Crippen molar-refractivity contribution in [2.75, 3.05) is 0 Å². The van der Waals surface area contributed by atoms with Gasteiger partial charge in [0.05, 0.1) is 12.1 Å². The number of aryl methyl sites for hydroxylation is 1. The fraction of sp³-hybridized carbons (Fsp3) is 0.200. The first-order valence-electron chi connectivity index (χ1n) is 4.05. The molecule has 2 rings (SSSR count). The van der Waals surface area contributed by atoms with Crippen molar-refractivity contribution in [1.82, 2.24) is 0 Å². The van der Waals surface area contributed by atoms with Gasteiger partial charge in [0.2, 0.25) is 0 Å². The molecule has 0 fully saturated rings. The fourth-order valence-corrected chi connectivity index (χ4v) is 1.53. The summed E-state index contributed by atoms with van der Waals surface area (Å²) in [5.74, 6) is -0.883. The van der Waals surface area contributed by atoms with Crippen LogP contribution in [0.2, 0.25) is 0 Å². The number of carboxylic acid groups (broad SMARTS) is 1. The maximum Gasteiger partial charge on any atom is 0.335 e. The zero-order valence-corrected chi connectivity index (χ0v) is 7.24. The van der Waals surface area contributed by atoms with Crippen molar-refractivity contribution in [2.45, 2.75) is 13.5 Å². The third-order valence-electron chi connectivity index (χ3n) is 2.23. The van der Waals surface area contributed by atoms with Crippen molar-refractivity contribution < 1.29 is 9.90 Å². The number of fused-ring (bicyclic) bond motifs is 1. The summed E-state index contributed by atoms with van der Waals surface area (Å²) in [5.41, 5.74) is 3.43. The molecule has 1 aliphatic rings. The van der Waals surface area contributed by atoms with E-state index < -0.39 is 5.97 Å². The number of aliphatic imine (C=N–C) groups is 1. The minimum Gasteiger partial charge on any atom is -0.478 e. The highest BCUT2D eigenvalue weighted by atomic mass is 16.4. The molecule has 0 unspecified atom stereocenters. The van der Waals surface area contributed by atoms with Crippen LogP contribution in [0.5, 0.6) is 0 Å². The molecular formula is C10H9NO2. The lowest BCUT2D eigenvalue weighted by Crippen LogP contribution is -2.00. The fourth-order valence-electron chi connectivity index (χ4n) is 1.53. The maximum absolute atomic E-state index is 10.7. The quantitative estimate of drug-likeness (QED) is 0.705. The number of benzene rings is 1. The number of carboxylic acids is 1. The Morgan fingerprint density at radius 1 is 1.54 bits per heavy atom. The largest absolute Gasteiger partial charge is 0.478 e. The highest BCUT2D eigenvalue weighted by Gasteiger charge is 2.13. The first kappa shape index (κ1) is 7.98. The minimum atomic E-state index is -0.883. The van der Waals surface area contributed by atoms with E-state index in [1.54, 1.807) is 18.3 Å². The minimum absolute atomic E-state index is 0.338. The van der Waals surface area contributed by atoms with Crippen molar-refractivity contribution in [3.63, 3.8) is 0 Å². The Labute approximate surface area is 75.7 Å². The molecule has 0 aliphatic carbocycles. The van der Waals surface area contributed by atoms with Gasteiger partial charge < -0.3 is 5.11 Å². The van der Waals surface area contributed by atoms with E-state index in [-0.39, 0.29) is 0 Å². The van der Waals surface area contributed by atoms with E-state index in [2.05, 4.69) is 4.99 Å². The zero-order valence-electron chi connectivity index (χ0n) is 7.24. The summed E-state index contributed by atoms with van der Waals surface area (Å²) in [6.07, 6.45) is 1.73. The first-order chi connectivity index (χ1) is 6.18. The van der Waals surface area contributed by atoms with Gasteiger partial charge in [-0.1, -0.05) is 0 Å². The maximum atomic E-state index is 10.7. The molecule has 0 amide bonds. The van der Waals surface area contributed by atoms with Crippen LogP contribution in [0.4, 0.5) is 0 Å². The van der Waals surface area contributed by atoms with Crippen LogP contribution in [0, 0.1) is 6.92 Å². The Morgan fingerprint density at radius 3 is 3.00 bits per heavy atom. The van der Waals surface area contributed by atoms with E-state index in [1.807, 2.05) is 6.92 Å². The van der Waals surface area contributed by atoms with E-state index in [9.17, 15) is 4.79 Å². The molecule has 1 aromatic carbocycles. The standard InChI is InChI=1S/C10H9NO2/c1-6-2-7(10(12)13)3-8-4-11-5-9(6)8/h2-4H,5H2,1H3,(H,12,13). The molecule has 3 nitrogen and oxygen atoms in total. The molecule has 0 radical (unpaired) electrons. The van der Waals surface area contributed by atoms with Gasteiger partial charge in [0.25, 0.3) is 0 Å². The normalized spacial score (nSPS) is 13.0. The molecule has 0 bridgehead atoms. The monoisotopic (exact) mass is 175 g/mol. The van der Waals surface area contributed by atoms with E-state index in [4.69, 9.17) is 5.11 Å². The van der Waals surface area contributed by atoms with Crippen LogP contribution in [-0.2, 0) is 6.54 Å². The van der Waals surface area contributed by atoms with E-state index in [0.717, 1.165) is 16.7 Å². The smallest absolute Gasteiger partial charge is 0.335 e. The Kier molecular flexibility index (Phi) is 1.65. The predicted octanol–water partition coefficient (Wildman–Crippen LogP) is 1.63. The molecule has 0 atom stereocenters. The third-order valence-corrected chi connectivity index (χ3v) is 2.23. The summed E-state index contributed by atoms with van der Waals surface area (Å²) >= 11 is 0. The number of aromatic carboxylic acids is 1. The lowest BCUT2D eigenvalue weighted by Gasteiger charge is -2.03. The van der Waals surface area contributed by atoms with Crippen LogP contribution in [0.25, 0.3) is 0 Å². The number of nitrogens with zero attached hydrogens (tertiary/aromatic N) is 1. The van der Waals surface area contributed by atoms with Crippen LogP contribution >= 0.6 is 0 Å². The van der Waals surface area contributed by atoms with Gasteiger partial charge in [-0.05, 0) is 35.7 Å². The van der Waals surface area contributed by atoms with Gasteiger partial charge in [0.1, 0.15) is 0 Å².